The van der Waals surface area contributed by atoms with Gasteiger partial charge in [-0.25, -0.2) is 0 Å². The smallest absolute Gasteiger partial charge is 0.222 e. The number of aliphatic hydroxyl groups excluding tert-OH is 1. The minimum Gasteiger partial charge on any atom is -0.396 e. The van der Waals surface area contributed by atoms with Gasteiger partial charge >= 0.3 is 0 Å². The van der Waals surface area contributed by atoms with E-state index < -0.39 is 0 Å². The average molecular weight is 175 g/mol. The molecule has 0 aromatic rings. The Morgan fingerprint density at radius 2 is 2.25 bits per heavy atom. The number of carbonyl (C=O) groups is 1. The highest BCUT2D eigenvalue weighted by atomic mass is 16.5. The number of unbranched alkanes of at least 4 members (excludes halogenated alkanes) is 1. The molecule has 0 heterocycles. The van der Waals surface area contributed by atoms with Gasteiger partial charge in [-0.3, -0.25) is 4.79 Å². The maximum Gasteiger partial charge on any atom is 0.222 e. The van der Waals surface area contributed by atoms with Crippen LogP contribution in [0.25, 0.3) is 0 Å². The molecule has 72 valence electrons. The van der Waals surface area contributed by atoms with Crippen molar-refractivity contribution in [1.29, 1.82) is 0 Å². The van der Waals surface area contributed by atoms with E-state index in [0.29, 0.717) is 19.6 Å². The maximum absolute atomic E-state index is 10.9. The van der Waals surface area contributed by atoms with E-state index in [1.54, 1.807) is 7.11 Å². The number of nitrogens with one attached hydrogen (secondary N) is 1. The molecule has 0 bridgehead atoms. The van der Waals surface area contributed by atoms with Crippen molar-refractivity contribution in [3.8, 4) is 0 Å². The molecule has 0 aromatic carbocycles. The van der Waals surface area contributed by atoms with E-state index in [2.05, 4.69) is 5.32 Å². The van der Waals surface area contributed by atoms with Crippen LogP contribution in [0.5, 0.6) is 0 Å². The van der Waals surface area contributed by atoms with Gasteiger partial charge in [0.05, 0.1) is 6.61 Å². The van der Waals surface area contributed by atoms with Gasteiger partial charge in [0.2, 0.25) is 5.91 Å². The number of hydrogen-bond donors (Lipinski definition) is 2. The quantitative estimate of drug-likeness (QED) is 0.532. The fourth-order valence-electron chi connectivity index (χ4n) is 0.748. The predicted octanol–water partition coefficient (Wildman–Crippen LogP) is -0.0884. The second-order valence-corrected chi connectivity index (χ2v) is 2.52. The minimum absolute atomic E-state index is 0.00906. The van der Waals surface area contributed by atoms with Crippen LogP contribution in [0.2, 0.25) is 0 Å². The second kappa shape index (κ2) is 8.49. The summed E-state index contributed by atoms with van der Waals surface area (Å²) < 4.78 is 4.74. The van der Waals surface area contributed by atoms with Crippen molar-refractivity contribution in [1.82, 2.24) is 5.32 Å². The molecule has 0 aliphatic heterocycles. The van der Waals surface area contributed by atoms with Gasteiger partial charge in [-0.05, 0) is 12.8 Å². The van der Waals surface area contributed by atoms with E-state index >= 15 is 0 Å². The van der Waals surface area contributed by atoms with Crippen LogP contribution in [0.4, 0.5) is 0 Å². The SMILES string of the molecule is COCCC(=O)NCCCCO. The lowest BCUT2D eigenvalue weighted by molar-refractivity contribution is -0.121. The average Bonchev–Trinajstić information content (AvgIpc) is 2.09. The Bertz CT molecular complexity index is 117. The number of hydrogen-bond acceptors (Lipinski definition) is 3. The molecule has 12 heavy (non-hydrogen) atoms. The Morgan fingerprint density at radius 3 is 2.83 bits per heavy atom. The number of methoxy groups -OCH3 is 1. The molecule has 1 amide bonds. The molecule has 0 aliphatic rings. The molecule has 4 nitrogen and oxygen atoms in total. The lowest BCUT2D eigenvalue weighted by atomic mass is 10.3. The fourth-order valence-corrected chi connectivity index (χ4v) is 0.748. The monoisotopic (exact) mass is 175 g/mol. The number of carbonyl (C=O) groups excluding carboxylic acids is 1. The van der Waals surface area contributed by atoms with Crippen molar-refractivity contribution in [3.05, 3.63) is 0 Å². The first-order chi connectivity index (χ1) is 5.81. The summed E-state index contributed by atoms with van der Waals surface area (Å²) in [6.45, 7) is 1.29. The van der Waals surface area contributed by atoms with Crippen LogP contribution < -0.4 is 5.32 Å². The zero-order valence-corrected chi connectivity index (χ0v) is 7.51. The molecule has 2 N–H and O–H groups in total. The summed E-state index contributed by atoms with van der Waals surface area (Å²) in [6.07, 6.45) is 1.98. The normalized spacial score (nSPS) is 9.83. The summed E-state index contributed by atoms with van der Waals surface area (Å²) in [5.74, 6) is 0.00906. The molecular formula is C8H17NO3. The third-order valence-electron chi connectivity index (χ3n) is 1.44. The predicted molar refractivity (Wildman–Crippen MR) is 45.8 cm³/mol. The molecule has 0 saturated carbocycles. The lowest BCUT2D eigenvalue weighted by Gasteiger charge is -2.03. The van der Waals surface area contributed by atoms with Gasteiger partial charge in [-0.15, -0.1) is 0 Å². The first-order valence-corrected chi connectivity index (χ1v) is 4.17. The highest BCUT2D eigenvalue weighted by Gasteiger charge is 1.98. The highest BCUT2D eigenvalue weighted by molar-refractivity contribution is 5.75. The molecule has 0 saturated heterocycles. The molecule has 0 radical (unpaired) electrons. The van der Waals surface area contributed by atoms with E-state index in [9.17, 15) is 4.79 Å². The third kappa shape index (κ3) is 7.50. The van der Waals surface area contributed by atoms with Gasteiger partial charge in [0.25, 0.3) is 0 Å². The van der Waals surface area contributed by atoms with Crippen LogP contribution in [-0.4, -0.2) is 37.9 Å². The Morgan fingerprint density at radius 1 is 1.50 bits per heavy atom. The fraction of sp³-hybridized carbons (Fsp3) is 0.875. The highest BCUT2D eigenvalue weighted by Crippen LogP contribution is 1.85. The summed E-state index contributed by atoms with van der Waals surface area (Å²) in [6, 6.07) is 0. The standard InChI is InChI=1S/C8H17NO3/c1-12-7-4-8(11)9-5-2-3-6-10/h10H,2-7H2,1H3,(H,9,11). The van der Waals surface area contributed by atoms with Crippen molar-refractivity contribution in [2.45, 2.75) is 19.3 Å². The molecule has 0 unspecified atom stereocenters. The molecule has 0 spiro atoms. The van der Waals surface area contributed by atoms with E-state index in [-0.39, 0.29) is 12.5 Å². The molecular weight excluding hydrogens is 158 g/mol. The van der Waals surface area contributed by atoms with Crippen molar-refractivity contribution >= 4 is 5.91 Å². The third-order valence-corrected chi connectivity index (χ3v) is 1.44. The molecule has 0 rings (SSSR count). The van der Waals surface area contributed by atoms with Crippen LogP contribution >= 0.6 is 0 Å². The largest absolute Gasteiger partial charge is 0.396 e. The van der Waals surface area contributed by atoms with E-state index in [4.69, 9.17) is 9.84 Å². The molecule has 0 aromatic heterocycles. The molecule has 0 aliphatic carbocycles. The number of aliphatic hydroxyl groups is 1. The van der Waals surface area contributed by atoms with Gasteiger partial charge in [-0.1, -0.05) is 0 Å². The van der Waals surface area contributed by atoms with Crippen molar-refractivity contribution < 1.29 is 14.6 Å². The Balaban J connectivity index is 3.08. The van der Waals surface area contributed by atoms with Crippen LogP contribution in [0.3, 0.4) is 0 Å². The number of amides is 1. The summed E-state index contributed by atoms with van der Waals surface area (Å²) in [4.78, 5) is 10.9. The van der Waals surface area contributed by atoms with Gasteiger partial charge in [-0.2, -0.15) is 0 Å². The summed E-state index contributed by atoms with van der Waals surface area (Å²) in [5.41, 5.74) is 0. The van der Waals surface area contributed by atoms with Gasteiger partial charge in [0, 0.05) is 26.7 Å². The zero-order valence-electron chi connectivity index (χ0n) is 7.51. The Kier molecular flexibility index (Phi) is 8.05. The minimum atomic E-state index is 0.00906. The molecule has 4 heteroatoms. The van der Waals surface area contributed by atoms with Gasteiger partial charge < -0.3 is 15.2 Å². The van der Waals surface area contributed by atoms with Crippen LogP contribution in [-0.2, 0) is 9.53 Å². The Hall–Kier alpha value is -0.610. The van der Waals surface area contributed by atoms with Crippen LogP contribution in [0.1, 0.15) is 19.3 Å². The molecule has 0 fully saturated rings. The first-order valence-electron chi connectivity index (χ1n) is 4.17. The molecule has 0 atom stereocenters. The Labute approximate surface area is 72.9 Å². The van der Waals surface area contributed by atoms with E-state index in [0.717, 1.165) is 12.8 Å². The topological polar surface area (TPSA) is 58.6 Å². The van der Waals surface area contributed by atoms with Gasteiger partial charge in [0.15, 0.2) is 0 Å². The summed E-state index contributed by atoms with van der Waals surface area (Å²) in [5, 5.41) is 11.2. The number of rotatable bonds is 7. The zero-order chi connectivity index (χ0) is 9.23. The summed E-state index contributed by atoms with van der Waals surface area (Å²) >= 11 is 0. The van der Waals surface area contributed by atoms with Gasteiger partial charge in [0.1, 0.15) is 0 Å². The van der Waals surface area contributed by atoms with Crippen molar-refractivity contribution in [2.75, 3.05) is 26.9 Å². The van der Waals surface area contributed by atoms with E-state index in [1.807, 2.05) is 0 Å². The number of ether oxygens (including phenoxy) is 1. The van der Waals surface area contributed by atoms with Crippen molar-refractivity contribution in [2.24, 2.45) is 0 Å². The summed E-state index contributed by atoms with van der Waals surface area (Å²) in [7, 11) is 1.57. The van der Waals surface area contributed by atoms with Crippen molar-refractivity contribution in [3.63, 3.8) is 0 Å². The van der Waals surface area contributed by atoms with E-state index in [1.165, 1.54) is 0 Å². The van der Waals surface area contributed by atoms with Crippen LogP contribution in [0, 0.1) is 0 Å². The van der Waals surface area contributed by atoms with Crippen LogP contribution in [0.15, 0.2) is 0 Å². The maximum atomic E-state index is 10.9. The lowest BCUT2D eigenvalue weighted by Crippen LogP contribution is -2.25. The second-order valence-electron chi connectivity index (χ2n) is 2.52. The first kappa shape index (κ1) is 11.4.